The van der Waals surface area contributed by atoms with Gasteiger partial charge < -0.3 is 10.4 Å². The first-order chi connectivity index (χ1) is 13.7. The third kappa shape index (κ3) is 2.87. The molecule has 3 heterocycles. The zero-order chi connectivity index (χ0) is 19.1. The molecule has 136 valence electrons. The fraction of sp³-hybridized carbons (Fsp3) is 0. The predicted octanol–water partition coefficient (Wildman–Crippen LogP) is 5.05. The number of carboxylic acids is 1. The van der Waals surface area contributed by atoms with E-state index in [0.29, 0.717) is 11.5 Å². The Kier molecular flexibility index (Phi) is 3.80. The normalized spacial score (nSPS) is 11.1. The van der Waals surface area contributed by atoms with E-state index in [1.807, 2.05) is 30.5 Å². The summed E-state index contributed by atoms with van der Waals surface area (Å²) < 4.78 is 3.01. The van der Waals surface area contributed by atoms with Gasteiger partial charge in [0, 0.05) is 10.4 Å². The lowest BCUT2D eigenvalue weighted by Gasteiger charge is -2.07. The molecule has 0 fully saturated rings. The lowest BCUT2D eigenvalue weighted by molar-refractivity contribution is 0.0697. The number of nitrogens with one attached hydrogen (secondary N) is 1. The first kappa shape index (κ1) is 16.5. The van der Waals surface area contributed by atoms with Crippen LogP contribution in [0, 0.1) is 0 Å². The predicted molar refractivity (Wildman–Crippen MR) is 110 cm³/mol. The maximum Gasteiger partial charge on any atom is 0.335 e. The van der Waals surface area contributed by atoms with Gasteiger partial charge in [0.15, 0.2) is 11.5 Å². The number of anilines is 2. The third-order valence-corrected chi connectivity index (χ3v) is 5.56. The van der Waals surface area contributed by atoms with Crippen LogP contribution in [0.15, 0.2) is 72.9 Å². The van der Waals surface area contributed by atoms with Gasteiger partial charge in [-0.05, 0) is 47.9 Å². The van der Waals surface area contributed by atoms with Crippen LogP contribution in [-0.2, 0) is 0 Å². The molecule has 0 atom stereocenters. The lowest BCUT2D eigenvalue weighted by atomic mass is 10.2. The summed E-state index contributed by atoms with van der Waals surface area (Å²) in [4.78, 5) is 16.7. The Morgan fingerprint density at radius 3 is 2.79 bits per heavy atom. The summed E-state index contributed by atoms with van der Waals surface area (Å²) >= 11 is 1.70. The molecule has 0 amide bonds. The second kappa shape index (κ2) is 6.47. The van der Waals surface area contributed by atoms with Gasteiger partial charge >= 0.3 is 5.97 Å². The molecule has 0 bridgehead atoms. The summed E-state index contributed by atoms with van der Waals surface area (Å²) in [6.07, 6.45) is 1.82. The highest BCUT2D eigenvalue weighted by Crippen LogP contribution is 2.33. The van der Waals surface area contributed by atoms with Gasteiger partial charge in [0.1, 0.15) is 5.69 Å². The van der Waals surface area contributed by atoms with Crippen molar-refractivity contribution in [3.8, 4) is 10.6 Å². The van der Waals surface area contributed by atoms with E-state index in [2.05, 4.69) is 33.6 Å². The molecule has 0 aliphatic carbocycles. The van der Waals surface area contributed by atoms with Gasteiger partial charge in [-0.1, -0.05) is 24.3 Å². The number of rotatable bonds is 4. The Hall–Kier alpha value is -3.71. The summed E-state index contributed by atoms with van der Waals surface area (Å²) in [5.41, 5.74) is 2.55. The van der Waals surface area contributed by atoms with Crippen molar-refractivity contribution in [1.82, 2.24) is 14.6 Å². The minimum absolute atomic E-state index is 0.222. The first-order valence-electron chi connectivity index (χ1n) is 8.61. The SMILES string of the molecule is O=C(O)c1cccc(Nc2ccc3ncc(-c4cc5ccccc5s4)n3n2)c1. The largest absolute Gasteiger partial charge is 0.478 e. The molecule has 3 aromatic heterocycles. The summed E-state index contributed by atoms with van der Waals surface area (Å²) in [7, 11) is 0. The van der Waals surface area contributed by atoms with Crippen molar-refractivity contribution in [2.75, 3.05) is 5.32 Å². The van der Waals surface area contributed by atoms with Crippen LogP contribution in [0.5, 0.6) is 0 Å². The molecule has 2 aromatic carbocycles. The van der Waals surface area contributed by atoms with Crippen LogP contribution in [0.1, 0.15) is 10.4 Å². The molecule has 7 heteroatoms. The van der Waals surface area contributed by atoms with Gasteiger partial charge in [-0.3, -0.25) is 0 Å². The minimum Gasteiger partial charge on any atom is -0.478 e. The molecule has 0 radical (unpaired) electrons. The molecule has 0 aliphatic rings. The van der Waals surface area contributed by atoms with Crippen LogP contribution in [0.3, 0.4) is 0 Å². The molecule has 0 aliphatic heterocycles. The van der Waals surface area contributed by atoms with Crippen LogP contribution < -0.4 is 5.32 Å². The fourth-order valence-corrected chi connectivity index (χ4v) is 4.15. The molecular formula is C21H14N4O2S. The van der Waals surface area contributed by atoms with E-state index in [-0.39, 0.29) is 5.56 Å². The van der Waals surface area contributed by atoms with Gasteiger partial charge in [-0.25, -0.2) is 14.3 Å². The minimum atomic E-state index is -0.964. The van der Waals surface area contributed by atoms with Crippen LogP contribution in [0.4, 0.5) is 11.5 Å². The number of imidazole rings is 1. The van der Waals surface area contributed by atoms with Crippen molar-refractivity contribution in [2.45, 2.75) is 0 Å². The van der Waals surface area contributed by atoms with Crippen molar-refractivity contribution in [2.24, 2.45) is 0 Å². The number of hydrogen-bond donors (Lipinski definition) is 2. The van der Waals surface area contributed by atoms with Crippen molar-refractivity contribution >= 4 is 44.5 Å². The van der Waals surface area contributed by atoms with Crippen molar-refractivity contribution in [3.05, 3.63) is 78.5 Å². The third-order valence-electron chi connectivity index (χ3n) is 4.42. The van der Waals surface area contributed by atoms with Gasteiger partial charge in [0.25, 0.3) is 0 Å². The molecule has 0 spiro atoms. The second-order valence-electron chi connectivity index (χ2n) is 6.29. The van der Waals surface area contributed by atoms with Crippen molar-refractivity contribution < 1.29 is 9.90 Å². The van der Waals surface area contributed by atoms with E-state index in [4.69, 9.17) is 5.11 Å². The standard InChI is InChI=1S/C21H14N4O2S/c26-21(27)14-5-3-6-15(10-14)23-19-8-9-20-22-12-16(25(20)24-19)18-11-13-4-1-2-7-17(13)28-18/h1-12H,(H,23,24)(H,26,27). The number of thiophene rings is 1. The van der Waals surface area contributed by atoms with E-state index in [0.717, 1.165) is 16.2 Å². The summed E-state index contributed by atoms with van der Waals surface area (Å²) in [5.74, 6) is -0.357. The number of nitrogens with zero attached hydrogens (tertiary/aromatic N) is 3. The fourth-order valence-electron chi connectivity index (χ4n) is 3.09. The average Bonchev–Trinajstić information content (AvgIpc) is 3.31. The Labute approximate surface area is 163 Å². The number of carbonyl (C=O) groups is 1. The number of benzene rings is 2. The Morgan fingerprint density at radius 1 is 1.04 bits per heavy atom. The lowest BCUT2D eigenvalue weighted by Crippen LogP contribution is -2.01. The summed E-state index contributed by atoms with van der Waals surface area (Å²) in [6.45, 7) is 0. The van der Waals surface area contributed by atoms with Gasteiger partial charge in [-0.15, -0.1) is 16.4 Å². The van der Waals surface area contributed by atoms with Gasteiger partial charge in [-0.2, -0.15) is 0 Å². The van der Waals surface area contributed by atoms with Crippen LogP contribution in [0.2, 0.25) is 0 Å². The molecule has 0 unspecified atom stereocenters. The average molecular weight is 386 g/mol. The maximum absolute atomic E-state index is 11.2. The monoisotopic (exact) mass is 386 g/mol. The van der Waals surface area contributed by atoms with Gasteiger partial charge in [0.05, 0.1) is 16.6 Å². The zero-order valence-corrected chi connectivity index (χ0v) is 15.4. The molecule has 0 saturated heterocycles. The topological polar surface area (TPSA) is 79.5 Å². The Balaban J connectivity index is 1.55. The molecular weight excluding hydrogens is 372 g/mol. The Morgan fingerprint density at radius 2 is 1.93 bits per heavy atom. The van der Waals surface area contributed by atoms with Crippen LogP contribution in [-0.4, -0.2) is 25.7 Å². The number of aromatic nitrogens is 3. The molecule has 5 aromatic rings. The van der Waals surface area contributed by atoms with Crippen molar-refractivity contribution in [1.29, 1.82) is 0 Å². The van der Waals surface area contributed by atoms with E-state index in [9.17, 15) is 4.79 Å². The first-order valence-corrected chi connectivity index (χ1v) is 9.43. The van der Waals surface area contributed by atoms with Gasteiger partial charge in [0.2, 0.25) is 0 Å². The Bertz CT molecular complexity index is 1310. The molecule has 28 heavy (non-hydrogen) atoms. The maximum atomic E-state index is 11.2. The van der Waals surface area contributed by atoms with E-state index >= 15 is 0 Å². The highest BCUT2D eigenvalue weighted by Gasteiger charge is 2.12. The van der Waals surface area contributed by atoms with Crippen LogP contribution in [0.25, 0.3) is 26.3 Å². The van der Waals surface area contributed by atoms with E-state index in [1.165, 1.54) is 10.1 Å². The molecule has 5 rings (SSSR count). The number of aromatic carboxylic acids is 1. The smallest absolute Gasteiger partial charge is 0.335 e. The van der Waals surface area contributed by atoms with Crippen molar-refractivity contribution in [3.63, 3.8) is 0 Å². The molecule has 6 nitrogen and oxygen atoms in total. The number of fused-ring (bicyclic) bond motifs is 2. The molecule has 2 N–H and O–H groups in total. The molecule has 0 saturated carbocycles. The zero-order valence-electron chi connectivity index (χ0n) is 14.5. The quantitative estimate of drug-likeness (QED) is 0.452. The summed E-state index contributed by atoms with van der Waals surface area (Å²) in [5, 5.41) is 18.2. The highest BCUT2D eigenvalue weighted by molar-refractivity contribution is 7.22. The van der Waals surface area contributed by atoms with E-state index in [1.54, 1.807) is 40.1 Å². The summed E-state index contributed by atoms with van der Waals surface area (Å²) in [6, 6.07) is 20.7. The van der Waals surface area contributed by atoms with Crippen LogP contribution >= 0.6 is 11.3 Å². The highest BCUT2D eigenvalue weighted by atomic mass is 32.1. The number of carboxylic acid groups (broad SMARTS) is 1. The number of hydrogen-bond acceptors (Lipinski definition) is 5. The second-order valence-corrected chi connectivity index (χ2v) is 7.38. The van der Waals surface area contributed by atoms with E-state index < -0.39 is 5.97 Å².